The second kappa shape index (κ2) is 7.36. The normalized spacial score (nSPS) is 15.7. The van der Waals surface area contributed by atoms with Crippen LogP contribution in [0.1, 0.15) is 24.3 Å². The van der Waals surface area contributed by atoms with Gasteiger partial charge in [-0.15, -0.1) is 0 Å². The number of carbonyl (C=O) groups is 1. The summed E-state index contributed by atoms with van der Waals surface area (Å²) in [5, 5.41) is 16.5. The standard InChI is InChI=1S/C20H17FN6O3/c1-10-13-6-12(21)3-4-15(13)29-9-17(28)25-20-18(14(7-22)27(2)26-20)11-5-16(30-10)19(23)24-8-11/h3-6,8,10H,9H2,1-2H3,(H2,23,24)(H,25,26,28). The largest absolute Gasteiger partial charge is 0.483 e. The number of nitrogens with one attached hydrogen (secondary N) is 1. The Morgan fingerprint density at radius 2 is 2.17 bits per heavy atom. The molecule has 1 unspecified atom stereocenters. The number of aromatic nitrogens is 3. The Labute approximate surface area is 170 Å². The first kappa shape index (κ1) is 19.2. The number of aryl methyl sites for hydroxylation is 1. The molecule has 3 heterocycles. The molecule has 0 radical (unpaired) electrons. The van der Waals surface area contributed by atoms with Crippen LogP contribution in [0.4, 0.5) is 16.0 Å². The van der Waals surface area contributed by atoms with E-state index in [1.165, 1.54) is 29.1 Å². The number of carbonyl (C=O) groups excluding carboxylic acids is 1. The average Bonchev–Trinajstić information content (AvgIpc) is 3.02. The summed E-state index contributed by atoms with van der Waals surface area (Å²) >= 11 is 0. The number of rotatable bonds is 0. The van der Waals surface area contributed by atoms with Crippen LogP contribution in [0.15, 0.2) is 30.5 Å². The van der Waals surface area contributed by atoms with Crippen LogP contribution < -0.4 is 20.5 Å². The number of hydrogen-bond donors (Lipinski definition) is 2. The maximum Gasteiger partial charge on any atom is 0.263 e. The van der Waals surface area contributed by atoms with E-state index in [2.05, 4.69) is 21.5 Å². The first-order valence-electron chi connectivity index (χ1n) is 8.99. The van der Waals surface area contributed by atoms with Gasteiger partial charge in [0.1, 0.15) is 29.4 Å². The number of ether oxygens (including phenoxy) is 2. The van der Waals surface area contributed by atoms with Crippen LogP contribution >= 0.6 is 0 Å². The molecule has 152 valence electrons. The van der Waals surface area contributed by atoms with Crippen LogP contribution in [-0.2, 0) is 11.8 Å². The molecule has 1 aromatic carbocycles. The van der Waals surface area contributed by atoms with Gasteiger partial charge in [-0.3, -0.25) is 9.48 Å². The van der Waals surface area contributed by atoms with Gasteiger partial charge in [0.25, 0.3) is 5.91 Å². The van der Waals surface area contributed by atoms with Crippen molar-refractivity contribution in [1.82, 2.24) is 14.8 Å². The van der Waals surface area contributed by atoms with Crippen molar-refractivity contribution < 1.29 is 18.7 Å². The fraction of sp³-hybridized carbons (Fsp3) is 0.200. The van der Waals surface area contributed by atoms with Gasteiger partial charge >= 0.3 is 0 Å². The zero-order chi connectivity index (χ0) is 21.4. The Balaban J connectivity index is 1.90. The van der Waals surface area contributed by atoms with Crippen molar-refractivity contribution in [2.24, 2.45) is 7.05 Å². The lowest BCUT2D eigenvalue weighted by atomic mass is 10.1. The van der Waals surface area contributed by atoms with Crippen molar-refractivity contribution in [3.05, 3.63) is 47.5 Å². The summed E-state index contributed by atoms with van der Waals surface area (Å²) in [5.74, 6) is -0.152. The van der Waals surface area contributed by atoms with E-state index in [1.54, 1.807) is 20.0 Å². The Kier molecular flexibility index (Phi) is 4.71. The van der Waals surface area contributed by atoms with Gasteiger partial charge in [0.2, 0.25) is 0 Å². The topological polar surface area (TPSA) is 128 Å². The average molecular weight is 408 g/mol. The molecule has 1 amide bonds. The molecule has 3 aromatic rings. The second-order valence-electron chi connectivity index (χ2n) is 6.69. The first-order valence-corrected chi connectivity index (χ1v) is 8.99. The highest BCUT2D eigenvalue weighted by atomic mass is 19.1. The Hall–Kier alpha value is -4.13. The third-order valence-electron chi connectivity index (χ3n) is 4.65. The van der Waals surface area contributed by atoms with Gasteiger partial charge in [0, 0.05) is 24.4 Å². The van der Waals surface area contributed by atoms with Crippen molar-refractivity contribution in [3.63, 3.8) is 0 Å². The molecule has 30 heavy (non-hydrogen) atoms. The van der Waals surface area contributed by atoms with Crippen molar-refractivity contribution in [2.45, 2.75) is 13.0 Å². The fourth-order valence-corrected chi connectivity index (χ4v) is 3.23. The van der Waals surface area contributed by atoms with Gasteiger partial charge in [0.15, 0.2) is 24.0 Å². The van der Waals surface area contributed by atoms with Crippen LogP contribution in [0.3, 0.4) is 0 Å². The lowest BCUT2D eigenvalue weighted by Gasteiger charge is -2.19. The minimum atomic E-state index is -0.664. The van der Waals surface area contributed by atoms with E-state index < -0.39 is 17.8 Å². The lowest BCUT2D eigenvalue weighted by molar-refractivity contribution is -0.118. The molecule has 4 rings (SSSR count). The van der Waals surface area contributed by atoms with E-state index in [0.29, 0.717) is 22.4 Å². The molecule has 0 saturated heterocycles. The number of anilines is 2. The molecule has 0 aliphatic carbocycles. The molecule has 9 nitrogen and oxygen atoms in total. The van der Waals surface area contributed by atoms with Gasteiger partial charge in [-0.25, -0.2) is 9.37 Å². The number of amides is 1. The van der Waals surface area contributed by atoms with E-state index in [4.69, 9.17) is 15.2 Å². The highest BCUT2D eigenvalue weighted by molar-refractivity contribution is 5.96. The third-order valence-corrected chi connectivity index (χ3v) is 4.65. The van der Waals surface area contributed by atoms with Crippen LogP contribution in [0.25, 0.3) is 11.1 Å². The highest BCUT2D eigenvalue weighted by Crippen LogP contribution is 2.37. The fourth-order valence-electron chi connectivity index (χ4n) is 3.23. The van der Waals surface area contributed by atoms with E-state index in [0.717, 1.165) is 0 Å². The highest BCUT2D eigenvalue weighted by Gasteiger charge is 2.24. The van der Waals surface area contributed by atoms with Crippen molar-refractivity contribution in [3.8, 4) is 28.7 Å². The number of pyridine rings is 1. The number of nitrogens with two attached hydrogens (primary N) is 1. The van der Waals surface area contributed by atoms with Gasteiger partial charge in [-0.1, -0.05) is 0 Å². The molecule has 10 heteroatoms. The zero-order valence-electron chi connectivity index (χ0n) is 16.1. The van der Waals surface area contributed by atoms with Crippen molar-refractivity contribution in [2.75, 3.05) is 17.7 Å². The maximum atomic E-state index is 13.9. The number of halogens is 1. The van der Waals surface area contributed by atoms with Gasteiger partial charge < -0.3 is 20.5 Å². The molecule has 1 atom stereocenters. The summed E-state index contributed by atoms with van der Waals surface area (Å²) < 4.78 is 26.8. The predicted molar refractivity (Wildman–Crippen MR) is 105 cm³/mol. The number of nitriles is 1. The van der Waals surface area contributed by atoms with Crippen molar-refractivity contribution in [1.29, 1.82) is 5.26 Å². The summed E-state index contributed by atoms with van der Waals surface area (Å²) in [5.41, 5.74) is 7.46. The molecular formula is C20H17FN6O3. The Morgan fingerprint density at radius 1 is 1.37 bits per heavy atom. The Morgan fingerprint density at radius 3 is 2.93 bits per heavy atom. The molecule has 2 bridgehead atoms. The molecule has 0 fully saturated rings. The van der Waals surface area contributed by atoms with E-state index >= 15 is 0 Å². The van der Waals surface area contributed by atoms with E-state index in [1.807, 2.05) is 0 Å². The minimum absolute atomic E-state index is 0.118. The zero-order valence-corrected chi connectivity index (χ0v) is 16.1. The monoisotopic (exact) mass is 408 g/mol. The summed E-state index contributed by atoms with van der Waals surface area (Å²) in [6.45, 7) is 1.35. The summed E-state index contributed by atoms with van der Waals surface area (Å²) in [4.78, 5) is 16.6. The minimum Gasteiger partial charge on any atom is -0.483 e. The van der Waals surface area contributed by atoms with E-state index in [9.17, 15) is 14.4 Å². The quantitative estimate of drug-likeness (QED) is 0.585. The van der Waals surface area contributed by atoms with Gasteiger partial charge in [-0.2, -0.15) is 10.4 Å². The second-order valence-corrected chi connectivity index (χ2v) is 6.69. The van der Waals surface area contributed by atoms with Gasteiger partial charge in [0.05, 0.1) is 5.56 Å². The van der Waals surface area contributed by atoms with Crippen LogP contribution in [0, 0.1) is 17.1 Å². The smallest absolute Gasteiger partial charge is 0.263 e. The molecule has 3 N–H and O–H groups in total. The summed E-state index contributed by atoms with van der Waals surface area (Å²) in [6.07, 6.45) is 0.798. The number of hydrogen-bond acceptors (Lipinski definition) is 7. The summed E-state index contributed by atoms with van der Waals surface area (Å²) in [7, 11) is 1.59. The molecule has 0 saturated carbocycles. The van der Waals surface area contributed by atoms with E-state index in [-0.39, 0.29) is 29.7 Å². The number of fused-ring (bicyclic) bond motifs is 5. The predicted octanol–water partition coefficient (Wildman–Crippen LogP) is 2.55. The SMILES string of the molecule is CC1Oc2cc(cnc2N)-c2c(nn(C)c2C#N)NC(=O)COc2ccc(F)cc21. The molecule has 2 aromatic heterocycles. The first-order chi connectivity index (χ1) is 14.4. The number of benzene rings is 1. The number of nitrogens with zero attached hydrogens (tertiary/aromatic N) is 4. The van der Waals surface area contributed by atoms with Crippen molar-refractivity contribution >= 4 is 17.5 Å². The Bertz CT molecular complexity index is 1200. The maximum absolute atomic E-state index is 13.9. The summed E-state index contributed by atoms with van der Waals surface area (Å²) in [6, 6.07) is 7.60. The molecule has 1 aliphatic heterocycles. The van der Waals surface area contributed by atoms with Crippen LogP contribution in [0.2, 0.25) is 0 Å². The molecule has 0 spiro atoms. The third kappa shape index (κ3) is 3.37. The molecule has 1 aliphatic rings. The van der Waals surface area contributed by atoms with Crippen LogP contribution in [-0.4, -0.2) is 27.3 Å². The van der Waals surface area contributed by atoms with Gasteiger partial charge in [-0.05, 0) is 31.2 Å². The lowest BCUT2D eigenvalue weighted by Crippen LogP contribution is -2.21. The van der Waals surface area contributed by atoms with Crippen LogP contribution in [0.5, 0.6) is 11.5 Å². The molecular weight excluding hydrogens is 391 g/mol. The number of nitrogen functional groups attached to an aromatic ring is 1.